The molecule has 0 aliphatic carbocycles. The molecule has 0 aliphatic heterocycles. The smallest absolute Gasteiger partial charge is 0.374 e. The van der Waals surface area contributed by atoms with E-state index in [1.807, 2.05) is 34.6 Å². The molecule has 1 aromatic heterocycles. The minimum Gasteiger partial charge on any atom is -0.454 e. The molecule has 0 spiro atoms. The molecule has 0 amide bonds. The molecular weight excluding hydrogens is 218 g/mol. The van der Waals surface area contributed by atoms with Crippen LogP contribution in [0.15, 0.2) is 16.5 Å². The monoisotopic (exact) mass is 239 g/mol. The normalized spacial score (nSPS) is 15.4. The number of nitrogens with two attached hydrogens (primary N) is 1. The van der Waals surface area contributed by atoms with Crippen LogP contribution in [0.25, 0.3) is 0 Å². The molecule has 0 fully saturated rings. The maximum atomic E-state index is 11.7. The largest absolute Gasteiger partial charge is 0.454 e. The molecule has 1 rings (SSSR count). The predicted octanol–water partition coefficient (Wildman–Crippen LogP) is 2.69. The average molecular weight is 239 g/mol. The van der Waals surface area contributed by atoms with Crippen LogP contribution in [-0.4, -0.2) is 17.6 Å². The molecule has 1 aromatic rings. The van der Waals surface area contributed by atoms with Gasteiger partial charge in [0, 0.05) is 12.0 Å². The van der Waals surface area contributed by atoms with Crippen molar-refractivity contribution in [2.24, 2.45) is 5.73 Å². The van der Waals surface area contributed by atoms with E-state index in [0.717, 1.165) is 0 Å². The number of carbonyl (C=O) groups is 1. The molecule has 2 atom stereocenters. The number of carbonyl (C=O) groups excluding carboxylic acids is 1. The molecule has 2 unspecified atom stereocenters. The van der Waals surface area contributed by atoms with Crippen LogP contribution < -0.4 is 5.73 Å². The Morgan fingerprint density at radius 1 is 1.35 bits per heavy atom. The molecule has 4 nitrogen and oxygen atoms in total. The summed E-state index contributed by atoms with van der Waals surface area (Å²) in [6.45, 7) is 9.32. The van der Waals surface area contributed by atoms with E-state index in [1.54, 1.807) is 12.1 Å². The van der Waals surface area contributed by atoms with Gasteiger partial charge in [0.15, 0.2) is 0 Å². The fourth-order valence-electron chi connectivity index (χ4n) is 1.29. The van der Waals surface area contributed by atoms with E-state index in [1.165, 1.54) is 0 Å². The fraction of sp³-hybridized carbons (Fsp3) is 0.615. The van der Waals surface area contributed by atoms with E-state index in [0.29, 0.717) is 5.76 Å². The van der Waals surface area contributed by atoms with Gasteiger partial charge in [0.2, 0.25) is 5.76 Å². The number of ether oxygens (including phenoxy) is 1. The second-order valence-corrected chi connectivity index (χ2v) is 5.35. The van der Waals surface area contributed by atoms with Crippen molar-refractivity contribution in [3.63, 3.8) is 0 Å². The Hall–Kier alpha value is -1.29. The third-order valence-corrected chi connectivity index (χ3v) is 2.46. The Bertz CT molecular complexity index is 388. The van der Waals surface area contributed by atoms with Crippen molar-refractivity contribution in [2.45, 2.75) is 52.2 Å². The van der Waals surface area contributed by atoms with Crippen molar-refractivity contribution >= 4 is 5.97 Å². The van der Waals surface area contributed by atoms with Gasteiger partial charge in [0.05, 0.1) is 0 Å². The molecular formula is C13H21NO3. The van der Waals surface area contributed by atoms with Crippen molar-refractivity contribution in [1.29, 1.82) is 0 Å². The van der Waals surface area contributed by atoms with Gasteiger partial charge in [-0.1, -0.05) is 6.92 Å². The molecule has 0 saturated heterocycles. The lowest BCUT2D eigenvalue weighted by Crippen LogP contribution is -2.24. The number of esters is 1. The molecule has 1 heterocycles. The molecule has 0 aliphatic rings. The Balaban J connectivity index is 2.78. The first-order valence-corrected chi connectivity index (χ1v) is 5.79. The standard InChI is InChI=1S/C13H21NO3/c1-8(9(2)14)10-6-7-11(16-10)12(15)17-13(3,4)5/h6-9H,14H2,1-5H3. The van der Waals surface area contributed by atoms with Gasteiger partial charge in [0.1, 0.15) is 11.4 Å². The summed E-state index contributed by atoms with van der Waals surface area (Å²) in [5, 5.41) is 0. The van der Waals surface area contributed by atoms with Crippen LogP contribution in [0, 0.1) is 0 Å². The molecule has 0 bridgehead atoms. The Labute approximate surface area is 102 Å². The number of hydrogen-bond acceptors (Lipinski definition) is 4. The van der Waals surface area contributed by atoms with Crippen molar-refractivity contribution in [2.75, 3.05) is 0 Å². The highest BCUT2D eigenvalue weighted by Gasteiger charge is 2.22. The summed E-state index contributed by atoms with van der Waals surface area (Å²) >= 11 is 0. The topological polar surface area (TPSA) is 65.5 Å². The van der Waals surface area contributed by atoms with Crippen LogP contribution >= 0.6 is 0 Å². The quantitative estimate of drug-likeness (QED) is 0.823. The lowest BCUT2D eigenvalue weighted by atomic mass is 10.0. The highest BCUT2D eigenvalue weighted by atomic mass is 16.6. The minimum absolute atomic E-state index is 0.0207. The van der Waals surface area contributed by atoms with E-state index in [4.69, 9.17) is 14.9 Å². The number of furan rings is 1. The second-order valence-electron chi connectivity index (χ2n) is 5.35. The fourth-order valence-corrected chi connectivity index (χ4v) is 1.29. The molecule has 0 saturated carbocycles. The SMILES string of the molecule is CC(N)C(C)c1ccc(C(=O)OC(C)(C)C)o1. The van der Waals surface area contributed by atoms with E-state index < -0.39 is 11.6 Å². The van der Waals surface area contributed by atoms with E-state index in [9.17, 15) is 4.79 Å². The van der Waals surface area contributed by atoms with Gasteiger partial charge in [-0.3, -0.25) is 0 Å². The minimum atomic E-state index is -0.517. The molecule has 0 aromatic carbocycles. The summed E-state index contributed by atoms with van der Waals surface area (Å²) in [6, 6.07) is 3.38. The van der Waals surface area contributed by atoms with Gasteiger partial charge < -0.3 is 14.9 Å². The van der Waals surface area contributed by atoms with Crippen LogP contribution in [0.3, 0.4) is 0 Å². The summed E-state index contributed by atoms with van der Waals surface area (Å²) in [4.78, 5) is 11.7. The summed E-state index contributed by atoms with van der Waals surface area (Å²) < 4.78 is 10.7. The van der Waals surface area contributed by atoms with Gasteiger partial charge in [-0.15, -0.1) is 0 Å². The van der Waals surface area contributed by atoms with Gasteiger partial charge in [-0.05, 0) is 39.8 Å². The second kappa shape index (κ2) is 4.92. The van der Waals surface area contributed by atoms with Crippen molar-refractivity contribution in [3.8, 4) is 0 Å². The summed E-state index contributed by atoms with van der Waals surface area (Å²) in [6.07, 6.45) is 0. The first-order chi connectivity index (χ1) is 7.70. The Morgan fingerprint density at radius 3 is 2.41 bits per heavy atom. The molecule has 4 heteroatoms. The summed E-state index contributed by atoms with van der Waals surface area (Å²) in [7, 11) is 0. The van der Waals surface area contributed by atoms with Gasteiger partial charge in [0.25, 0.3) is 0 Å². The third-order valence-electron chi connectivity index (χ3n) is 2.46. The van der Waals surface area contributed by atoms with Crippen LogP contribution in [-0.2, 0) is 4.74 Å². The predicted molar refractivity (Wildman–Crippen MR) is 65.9 cm³/mol. The van der Waals surface area contributed by atoms with Crippen LogP contribution in [0.1, 0.15) is 56.9 Å². The zero-order valence-electron chi connectivity index (χ0n) is 11.1. The zero-order chi connectivity index (χ0) is 13.2. The molecule has 17 heavy (non-hydrogen) atoms. The van der Waals surface area contributed by atoms with Gasteiger partial charge in [-0.2, -0.15) is 0 Å². The molecule has 96 valence electrons. The zero-order valence-corrected chi connectivity index (χ0v) is 11.1. The van der Waals surface area contributed by atoms with Crippen molar-refractivity contribution < 1.29 is 13.9 Å². The highest BCUT2D eigenvalue weighted by Crippen LogP contribution is 2.22. The summed E-state index contributed by atoms with van der Waals surface area (Å²) in [5.41, 5.74) is 5.26. The van der Waals surface area contributed by atoms with Crippen LogP contribution in [0.2, 0.25) is 0 Å². The third kappa shape index (κ3) is 3.89. The van der Waals surface area contributed by atoms with Crippen LogP contribution in [0.5, 0.6) is 0 Å². The summed E-state index contributed by atoms with van der Waals surface area (Å²) in [5.74, 6) is 0.565. The number of rotatable bonds is 3. The maximum Gasteiger partial charge on any atom is 0.374 e. The lowest BCUT2D eigenvalue weighted by Gasteiger charge is -2.18. The number of hydrogen-bond donors (Lipinski definition) is 1. The van der Waals surface area contributed by atoms with Crippen LogP contribution in [0.4, 0.5) is 0 Å². The van der Waals surface area contributed by atoms with E-state index >= 15 is 0 Å². The molecule has 2 N–H and O–H groups in total. The van der Waals surface area contributed by atoms with E-state index in [2.05, 4.69) is 0 Å². The Kier molecular flexibility index (Phi) is 3.98. The van der Waals surface area contributed by atoms with Crippen molar-refractivity contribution in [3.05, 3.63) is 23.7 Å². The van der Waals surface area contributed by atoms with Gasteiger partial charge >= 0.3 is 5.97 Å². The van der Waals surface area contributed by atoms with Gasteiger partial charge in [-0.25, -0.2) is 4.79 Å². The average Bonchev–Trinajstić information content (AvgIpc) is 2.62. The maximum absolute atomic E-state index is 11.7. The van der Waals surface area contributed by atoms with E-state index in [-0.39, 0.29) is 17.7 Å². The first-order valence-electron chi connectivity index (χ1n) is 5.79. The lowest BCUT2D eigenvalue weighted by molar-refractivity contribution is 0.00338. The molecule has 0 radical (unpaired) electrons. The highest BCUT2D eigenvalue weighted by molar-refractivity contribution is 5.86. The Morgan fingerprint density at radius 2 is 1.94 bits per heavy atom. The first kappa shape index (κ1) is 13.8. The van der Waals surface area contributed by atoms with Crippen molar-refractivity contribution in [1.82, 2.24) is 0 Å².